The Morgan fingerprint density at radius 3 is 2.82 bits per heavy atom. The number of nitrogens with one attached hydrogen (secondary N) is 1. The number of carbonyl (C=O) groups excluding carboxylic acids is 1. The van der Waals surface area contributed by atoms with Crippen LogP contribution in [0.5, 0.6) is 0 Å². The summed E-state index contributed by atoms with van der Waals surface area (Å²) in [6.45, 7) is 4.60. The fourth-order valence-corrected chi connectivity index (χ4v) is 1.17. The maximum Gasteiger partial charge on any atom is 0.318 e. The fourth-order valence-electron chi connectivity index (χ4n) is 1.17. The van der Waals surface area contributed by atoms with Crippen LogP contribution in [-0.4, -0.2) is 36.2 Å². The molecule has 0 aliphatic carbocycles. The maximum atomic E-state index is 11.5. The molecular weight excluding hydrogens is 222 g/mol. The van der Waals surface area contributed by atoms with E-state index in [4.69, 9.17) is 10.2 Å². The molecule has 1 aromatic heterocycles. The van der Waals surface area contributed by atoms with E-state index in [2.05, 4.69) is 15.5 Å². The summed E-state index contributed by atoms with van der Waals surface area (Å²) in [5.41, 5.74) is 5.60. The van der Waals surface area contributed by atoms with Crippen LogP contribution < -0.4 is 16.0 Å². The van der Waals surface area contributed by atoms with Gasteiger partial charge in [-0.2, -0.15) is 0 Å². The van der Waals surface area contributed by atoms with Gasteiger partial charge in [-0.25, -0.2) is 0 Å². The van der Waals surface area contributed by atoms with Crippen molar-refractivity contribution in [3.63, 3.8) is 0 Å². The monoisotopic (exact) mass is 241 g/mol. The topological polar surface area (TPSA) is 97.3 Å². The molecule has 0 aliphatic heterocycles. The Morgan fingerprint density at radius 2 is 2.29 bits per heavy atom. The van der Waals surface area contributed by atoms with E-state index in [1.54, 1.807) is 18.9 Å². The number of nitrogens with two attached hydrogens (primary N) is 1. The standard InChI is InChI=1S/C10H19N5O2/c1-4-5-12-8(16)6-15(3)10-14-13-9(17-10)7(2)11/h7H,4-6,11H2,1-3H3,(H,12,16). The molecule has 0 saturated carbocycles. The molecule has 0 spiro atoms. The molecule has 1 atom stereocenters. The van der Waals surface area contributed by atoms with E-state index in [9.17, 15) is 4.79 Å². The van der Waals surface area contributed by atoms with Gasteiger partial charge in [0.1, 0.15) is 6.54 Å². The summed E-state index contributed by atoms with van der Waals surface area (Å²) >= 11 is 0. The van der Waals surface area contributed by atoms with Gasteiger partial charge in [-0.15, -0.1) is 5.10 Å². The smallest absolute Gasteiger partial charge is 0.318 e. The molecular formula is C10H19N5O2. The molecule has 1 unspecified atom stereocenters. The van der Waals surface area contributed by atoms with Gasteiger partial charge in [0.05, 0.1) is 6.04 Å². The predicted octanol–water partition coefficient (Wildman–Crippen LogP) is 0.0517. The number of likely N-dealkylation sites (N-methyl/N-ethyl adjacent to an activating group) is 1. The molecule has 0 saturated heterocycles. The number of hydrogen-bond acceptors (Lipinski definition) is 6. The number of hydrogen-bond donors (Lipinski definition) is 2. The lowest BCUT2D eigenvalue weighted by molar-refractivity contribution is -0.119. The van der Waals surface area contributed by atoms with Crippen LogP contribution in [0.15, 0.2) is 4.42 Å². The molecule has 1 rings (SSSR count). The van der Waals surface area contributed by atoms with E-state index in [0.29, 0.717) is 18.5 Å². The summed E-state index contributed by atoms with van der Waals surface area (Å²) < 4.78 is 5.31. The van der Waals surface area contributed by atoms with Crippen LogP contribution in [0.1, 0.15) is 32.2 Å². The quantitative estimate of drug-likeness (QED) is 0.730. The Labute approximate surface area is 100 Å². The lowest BCUT2D eigenvalue weighted by atomic mass is 10.4. The number of anilines is 1. The summed E-state index contributed by atoms with van der Waals surface area (Å²) in [6, 6.07) is -0.0116. The van der Waals surface area contributed by atoms with Gasteiger partial charge in [0.25, 0.3) is 0 Å². The van der Waals surface area contributed by atoms with Crippen LogP contribution >= 0.6 is 0 Å². The van der Waals surface area contributed by atoms with Gasteiger partial charge in [0.15, 0.2) is 0 Å². The van der Waals surface area contributed by atoms with Crippen LogP contribution in [-0.2, 0) is 4.79 Å². The predicted molar refractivity (Wildman–Crippen MR) is 63.5 cm³/mol. The minimum absolute atomic E-state index is 0.0742. The van der Waals surface area contributed by atoms with Crippen LogP contribution in [0, 0.1) is 0 Å². The summed E-state index contributed by atoms with van der Waals surface area (Å²) in [5.74, 6) is 0.288. The van der Waals surface area contributed by atoms with E-state index in [-0.39, 0.29) is 18.5 Å². The minimum atomic E-state index is -0.307. The lowest BCUT2D eigenvalue weighted by Crippen LogP contribution is -2.35. The van der Waals surface area contributed by atoms with E-state index < -0.39 is 0 Å². The first-order valence-electron chi connectivity index (χ1n) is 5.61. The molecule has 96 valence electrons. The molecule has 1 aromatic rings. The minimum Gasteiger partial charge on any atom is -0.406 e. The van der Waals surface area contributed by atoms with Crippen molar-refractivity contribution in [3.8, 4) is 0 Å². The van der Waals surface area contributed by atoms with Gasteiger partial charge in [-0.3, -0.25) is 4.79 Å². The maximum absolute atomic E-state index is 11.5. The highest BCUT2D eigenvalue weighted by molar-refractivity contribution is 5.80. The average Bonchev–Trinajstić information content (AvgIpc) is 2.75. The number of rotatable bonds is 6. The number of nitrogens with zero attached hydrogens (tertiary/aromatic N) is 3. The first-order valence-corrected chi connectivity index (χ1v) is 5.61. The third kappa shape index (κ3) is 4.03. The molecule has 17 heavy (non-hydrogen) atoms. The molecule has 7 heteroatoms. The number of aromatic nitrogens is 2. The Morgan fingerprint density at radius 1 is 1.59 bits per heavy atom. The van der Waals surface area contributed by atoms with Crippen LogP contribution in [0.2, 0.25) is 0 Å². The van der Waals surface area contributed by atoms with E-state index in [1.165, 1.54) is 0 Å². The molecule has 0 fully saturated rings. The first kappa shape index (κ1) is 13.4. The second kappa shape index (κ2) is 6.19. The zero-order valence-electron chi connectivity index (χ0n) is 10.4. The van der Waals surface area contributed by atoms with Gasteiger partial charge in [0.2, 0.25) is 11.8 Å². The van der Waals surface area contributed by atoms with Gasteiger partial charge in [-0.1, -0.05) is 12.0 Å². The number of carbonyl (C=O) groups is 1. The van der Waals surface area contributed by atoms with Crippen molar-refractivity contribution in [2.45, 2.75) is 26.3 Å². The Bertz CT molecular complexity index is 363. The second-order valence-corrected chi connectivity index (χ2v) is 3.92. The molecule has 7 nitrogen and oxygen atoms in total. The molecule has 3 N–H and O–H groups in total. The summed E-state index contributed by atoms with van der Waals surface area (Å²) in [6.07, 6.45) is 0.908. The normalized spacial score (nSPS) is 12.2. The zero-order chi connectivity index (χ0) is 12.8. The molecule has 0 bridgehead atoms. The van der Waals surface area contributed by atoms with Gasteiger partial charge < -0.3 is 20.4 Å². The summed E-state index contributed by atoms with van der Waals surface area (Å²) in [7, 11) is 1.71. The lowest BCUT2D eigenvalue weighted by Gasteiger charge is -2.13. The van der Waals surface area contributed by atoms with E-state index in [0.717, 1.165) is 6.42 Å². The van der Waals surface area contributed by atoms with Gasteiger partial charge in [-0.05, 0) is 13.3 Å². The third-order valence-corrected chi connectivity index (χ3v) is 2.10. The van der Waals surface area contributed by atoms with Crippen molar-refractivity contribution in [1.82, 2.24) is 15.5 Å². The Balaban J connectivity index is 2.51. The summed E-state index contributed by atoms with van der Waals surface area (Å²) in [5, 5.41) is 10.4. The molecule has 0 aliphatic rings. The highest BCUT2D eigenvalue weighted by Crippen LogP contribution is 2.13. The number of amides is 1. The van der Waals surface area contributed by atoms with Crippen molar-refractivity contribution < 1.29 is 9.21 Å². The van der Waals surface area contributed by atoms with Crippen molar-refractivity contribution in [3.05, 3.63) is 5.89 Å². The van der Waals surface area contributed by atoms with Crippen molar-refractivity contribution in [1.29, 1.82) is 0 Å². The zero-order valence-corrected chi connectivity index (χ0v) is 10.4. The highest BCUT2D eigenvalue weighted by atomic mass is 16.4. The SMILES string of the molecule is CCCNC(=O)CN(C)c1nnc(C(C)N)o1. The molecule has 1 amide bonds. The molecule has 0 radical (unpaired) electrons. The van der Waals surface area contributed by atoms with Crippen LogP contribution in [0.3, 0.4) is 0 Å². The third-order valence-electron chi connectivity index (χ3n) is 2.10. The van der Waals surface area contributed by atoms with Crippen LogP contribution in [0.25, 0.3) is 0 Å². The van der Waals surface area contributed by atoms with Crippen molar-refractivity contribution >= 4 is 11.9 Å². The Kier molecular flexibility index (Phi) is 4.89. The van der Waals surface area contributed by atoms with Crippen molar-refractivity contribution in [2.24, 2.45) is 5.73 Å². The highest BCUT2D eigenvalue weighted by Gasteiger charge is 2.15. The van der Waals surface area contributed by atoms with Crippen LogP contribution in [0.4, 0.5) is 6.01 Å². The molecule has 1 heterocycles. The molecule has 0 aromatic carbocycles. The fraction of sp³-hybridized carbons (Fsp3) is 0.700. The Hall–Kier alpha value is -1.63. The average molecular weight is 241 g/mol. The van der Waals surface area contributed by atoms with Gasteiger partial charge >= 0.3 is 6.01 Å². The second-order valence-electron chi connectivity index (χ2n) is 3.92. The van der Waals surface area contributed by atoms with E-state index in [1.807, 2.05) is 6.92 Å². The largest absolute Gasteiger partial charge is 0.406 e. The van der Waals surface area contributed by atoms with Gasteiger partial charge in [0, 0.05) is 13.6 Å². The summed E-state index contributed by atoms with van der Waals surface area (Å²) in [4.78, 5) is 13.0. The van der Waals surface area contributed by atoms with E-state index >= 15 is 0 Å². The first-order chi connectivity index (χ1) is 8.04. The van der Waals surface area contributed by atoms with Crippen molar-refractivity contribution in [2.75, 3.05) is 25.0 Å².